The van der Waals surface area contributed by atoms with E-state index < -0.39 is 10.0 Å². The van der Waals surface area contributed by atoms with E-state index in [2.05, 4.69) is 22.3 Å². The summed E-state index contributed by atoms with van der Waals surface area (Å²) in [5.41, 5.74) is 0.577. The van der Waals surface area contributed by atoms with Gasteiger partial charge in [-0.2, -0.15) is 0 Å². The standard InChI is InChI=1S/C20H29N3O2S2/c1-2-7-21-19(26)22-17-3-5-18(6-4-17)27(24,25)23-20-11-14-8-15(12-20)10-16(9-14)13-20/h3-6,14-16,23H,2,7-13H2,1H3,(H2,21,22,26). The van der Waals surface area contributed by atoms with E-state index in [1.165, 1.54) is 19.3 Å². The summed E-state index contributed by atoms with van der Waals surface area (Å²) in [5.74, 6) is 2.13. The van der Waals surface area contributed by atoms with Crippen molar-refractivity contribution in [1.29, 1.82) is 0 Å². The Balaban J connectivity index is 1.44. The molecule has 0 spiro atoms. The van der Waals surface area contributed by atoms with Crippen LogP contribution in [0.4, 0.5) is 5.69 Å². The van der Waals surface area contributed by atoms with E-state index in [1.807, 2.05) is 0 Å². The quantitative estimate of drug-likeness (QED) is 0.628. The normalized spacial score (nSPS) is 31.7. The maximum atomic E-state index is 13.0. The molecule has 0 amide bonds. The van der Waals surface area contributed by atoms with E-state index in [-0.39, 0.29) is 5.54 Å². The summed E-state index contributed by atoms with van der Waals surface area (Å²) < 4.78 is 29.2. The van der Waals surface area contributed by atoms with Crippen LogP contribution in [0.25, 0.3) is 0 Å². The number of sulfonamides is 1. The maximum Gasteiger partial charge on any atom is 0.241 e. The van der Waals surface area contributed by atoms with Gasteiger partial charge >= 0.3 is 0 Å². The fraction of sp³-hybridized carbons (Fsp3) is 0.650. The highest BCUT2D eigenvalue weighted by atomic mass is 32.2. The topological polar surface area (TPSA) is 70.2 Å². The van der Waals surface area contributed by atoms with Crippen molar-refractivity contribution in [3.05, 3.63) is 24.3 Å². The number of benzene rings is 1. The number of hydrogen-bond donors (Lipinski definition) is 3. The second kappa shape index (κ2) is 7.33. The van der Waals surface area contributed by atoms with Gasteiger partial charge in [0, 0.05) is 17.8 Å². The molecule has 4 fully saturated rings. The Morgan fingerprint density at radius 2 is 1.63 bits per heavy atom. The van der Waals surface area contributed by atoms with Crippen molar-refractivity contribution in [2.24, 2.45) is 17.8 Å². The van der Waals surface area contributed by atoms with E-state index in [9.17, 15) is 8.42 Å². The van der Waals surface area contributed by atoms with Crippen LogP contribution < -0.4 is 15.4 Å². The maximum absolute atomic E-state index is 13.0. The molecule has 148 valence electrons. The molecule has 0 heterocycles. The first kappa shape index (κ1) is 19.2. The molecule has 4 saturated carbocycles. The molecule has 0 aliphatic heterocycles. The lowest BCUT2D eigenvalue weighted by Crippen LogP contribution is -2.59. The third-order valence-corrected chi connectivity index (χ3v) is 8.19. The summed E-state index contributed by atoms with van der Waals surface area (Å²) in [5, 5.41) is 6.74. The van der Waals surface area contributed by atoms with Gasteiger partial charge in [0.05, 0.1) is 4.90 Å². The molecule has 4 bridgehead atoms. The minimum atomic E-state index is -3.51. The highest BCUT2D eigenvalue weighted by Gasteiger charge is 2.52. The fourth-order valence-corrected chi connectivity index (χ4v) is 7.36. The molecular weight excluding hydrogens is 378 g/mol. The highest BCUT2D eigenvalue weighted by Crippen LogP contribution is 2.55. The van der Waals surface area contributed by atoms with Gasteiger partial charge in [0.25, 0.3) is 0 Å². The van der Waals surface area contributed by atoms with Crippen molar-refractivity contribution >= 4 is 33.0 Å². The summed E-state index contributed by atoms with van der Waals surface area (Å²) in [6, 6.07) is 6.86. The summed E-state index contributed by atoms with van der Waals surface area (Å²) in [7, 11) is -3.51. The zero-order valence-electron chi connectivity index (χ0n) is 15.8. The first-order chi connectivity index (χ1) is 12.9. The van der Waals surface area contributed by atoms with Crippen LogP contribution in [0.15, 0.2) is 29.2 Å². The predicted molar refractivity (Wildman–Crippen MR) is 112 cm³/mol. The summed E-state index contributed by atoms with van der Waals surface area (Å²) in [6.45, 7) is 2.89. The van der Waals surface area contributed by atoms with Crippen LogP contribution in [-0.2, 0) is 10.0 Å². The second-order valence-electron chi connectivity index (χ2n) is 8.71. The molecule has 0 unspecified atom stereocenters. The smallest absolute Gasteiger partial charge is 0.241 e. The fourth-order valence-electron chi connectivity index (χ4n) is 5.71. The third-order valence-electron chi connectivity index (χ3n) is 6.35. The van der Waals surface area contributed by atoms with Crippen molar-refractivity contribution in [2.45, 2.75) is 62.3 Å². The zero-order chi connectivity index (χ0) is 19.1. The van der Waals surface area contributed by atoms with Gasteiger partial charge < -0.3 is 10.6 Å². The Hall–Kier alpha value is -1.18. The molecule has 27 heavy (non-hydrogen) atoms. The summed E-state index contributed by atoms with van der Waals surface area (Å²) >= 11 is 5.23. The van der Waals surface area contributed by atoms with Crippen LogP contribution in [0.3, 0.4) is 0 Å². The molecule has 1 aromatic carbocycles. The van der Waals surface area contributed by atoms with Crippen LogP contribution in [-0.4, -0.2) is 25.6 Å². The van der Waals surface area contributed by atoms with Crippen molar-refractivity contribution in [1.82, 2.24) is 10.0 Å². The Bertz CT molecular complexity index is 770. The molecule has 0 aromatic heterocycles. The molecule has 4 aliphatic rings. The van der Waals surface area contributed by atoms with E-state index in [0.29, 0.717) is 27.8 Å². The average molecular weight is 408 g/mol. The van der Waals surface area contributed by atoms with Gasteiger partial charge in [0.1, 0.15) is 0 Å². The van der Waals surface area contributed by atoms with E-state index in [4.69, 9.17) is 12.2 Å². The minimum Gasteiger partial charge on any atom is -0.362 e. The average Bonchev–Trinajstić information content (AvgIpc) is 2.58. The molecule has 5 rings (SSSR count). The number of nitrogens with one attached hydrogen (secondary N) is 3. The number of rotatable bonds is 6. The van der Waals surface area contributed by atoms with E-state index in [1.54, 1.807) is 24.3 Å². The molecule has 5 nitrogen and oxygen atoms in total. The summed E-state index contributed by atoms with van der Waals surface area (Å²) in [4.78, 5) is 0.330. The zero-order valence-corrected chi connectivity index (χ0v) is 17.5. The largest absolute Gasteiger partial charge is 0.362 e. The van der Waals surface area contributed by atoms with Gasteiger partial charge in [-0.05, 0) is 99.2 Å². The Kier molecular flexibility index (Phi) is 5.20. The van der Waals surface area contributed by atoms with Gasteiger partial charge in [0.15, 0.2) is 5.11 Å². The van der Waals surface area contributed by atoms with Crippen LogP contribution in [0.1, 0.15) is 51.9 Å². The molecule has 4 aliphatic carbocycles. The van der Waals surface area contributed by atoms with Gasteiger partial charge in [0.2, 0.25) is 10.0 Å². The second-order valence-corrected chi connectivity index (χ2v) is 10.8. The van der Waals surface area contributed by atoms with E-state index >= 15 is 0 Å². The Labute approximate surface area is 167 Å². The SMILES string of the molecule is CCCNC(=S)Nc1ccc(S(=O)(=O)NC23CC4CC(CC(C4)C2)C3)cc1. The van der Waals surface area contributed by atoms with Gasteiger partial charge in [-0.3, -0.25) is 0 Å². The van der Waals surface area contributed by atoms with Crippen LogP contribution in [0.5, 0.6) is 0 Å². The number of hydrogen-bond acceptors (Lipinski definition) is 3. The van der Waals surface area contributed by atoms with Crippen LogP contribution >= 0.6 is 12.2 Å². The van der Waals surface area contributed by atoms with Gasteiger partial charge in [-0.1, -0.05) is 6.92 Å². The molecule has 0 saturated heterocycles. The number of anilines is 1. The monoisotopic (exact) mass is 407 g/mol. The third kappa shape index (κ3) is 4.15. The lowest BCUT2D eigenvalue weighted by atomic mass is 9.53. The van der Waals surface area contributed by atoms with Crippen LogP contribution in [0.2, 0.25) is 0 Å². The molecular formula is C20H29N3O2S2. The molecule has 3 N–H and O–H groups in total. The molecule has 0 atom stereocenters. The minimum absolute atomic E-state index is 0.212. The van der Waals surface area contributed by atoms with Crippen molar-refractivity contribution in [3.63, 3.8) is 0 Å². The van der Waals surface area contributed by atoms with Gasteiger partial charge in [-0.15, -0.1) is 0 Å². The van der Waals surface area contributed by atoms with Gasteiger partial charge in [-0.25, -0.2) is 13.1 Å². The lowest BCUT2D eigenvalue weighted by molar-refractivity contribution is -0.00810. The van der Waals surface area contributed by atoms with Crippen LogP contribution in [0, 0.1) is 17.8 Å². The van der Waals surface area contributed by atoms with E-state index in [0.717, 1.165) is 37.9 Å². The molecule has 0 radical (unpaired) electrons. The van der Waals surface area contributed by atoms with Crippen molar-refractivity contribution < 1.29 is 8.42 Å². The van der Waals surface area contributed by atoms with Crippen molar-refractivity contribution in [2.75, 3.05) is 11.9 Å². The first-order valence-electron chi connectivity index (χ1n) is 10.1. The molecule has 7 heteroatoms. The Morgan fingerprint density at radius 3 is 2.15 bits per heavy atom. The van der Waals surface area contributed by atoms with Crippen molar-refractivity contribution in [3.8, 4) is 0 Å². The summed E-state index contributed by atoms with van der Waals surface area (Å²) in [6.07, 6.45) is 7.92. The predicted octanol–water partition coefficient (Wildman–Crippen LogP) is 3.63. The Morgan fingerprint density at radius 1 is 1.07 bits per heavy atom. The first-order valence-corrected chi connectivity index (χ1v) is 12.0. The molecule has 1 aromatic rings. The number of thiocarbonyl (C=S) groups is 1. The lowest BCUT2D eigenvalue weighted by Gasteiger charge is -2.56. The highest BCUT2D eigenvalue weighted by molar-refractivity contribution is 7.89.